The fourth-order valence-electron chi connectivity index (χ4n) is 4.53. The van der Waals surface area contributed by atoms with E-state index in [1.54, 1.807) is 12.1 Å². The van der Waals surface area contributed by atoms with Gasteiger partial charge in [0.05, 0.1) is 5.60 Å². The molecule has 4 rings (SSSR count). The molecule has 0 spiro atoms. The molecule has 1 saturated heterocycles. The first kappa shape index (κ1) is 17.0. The molecule has 3 N–H and O–H groups in total. The highest BCUT2D eigenvalue weighted by atomic mass is 19.1. The van der Waals surface area contributed by atoms with Crippen LogP contribution in [0.5, 0.6) is 0 Å². The monoisotopic (exact) mass is 346 g/mol. The Morgan fingerprint density at radius 2 is 1.76 bits per heavy atom. The highest BCUT2D eigenvalue weighted by molar-refractivity contribution is 5.77. The van der Waals surface area contributed by atoms with Gasteiger partial charge in [-0.1, -0.05) is 12.1 Å². The SMILES string of the molecule is O=C1CC[C@@H](NC2CCC(O)(c3ccc(F)cc3)CC2)[C@H](C2CC2)N1. The van der Waals surface area contributed by atoms with Crippen LogP contribution in [0.15, 0.2) is 24.3 Å². The van der Waals surface area contributed by atoms with E-state index in [1.807, 2.05) is 0 Å². The maximum atomic E-state index is 13.1. The van der Waals surface area contributed by atoms with Crippen LogP contribution in [-0.4, -0.2) is 29.1 Å². The van der Waals surface area contributed by atoms with Crippen LogP contribution in [0.3, 0.4) is 0 Å². The molecule has 3 aliphatic rings. The zero-order valence-corrected chi connectivity index (χ0v) is 14.5. The molecule has 2 atom stereocenters. The summed E-state index contributed by atoms with van der Waals surface area (Å²) in [6, 6.07) is 7.24. The fraction of sp³-hybridized carbons (Fsp3) is 0.650. The lowest BCUT2D eigenvalue weighted by Gasteiger charge is -2.41. The van der Waals surface area contributed by atoms with Crippen LogP contribution < -0.4 is 10.6 Å². The van der Waals surface area contributed by atoms with Gasteiger partial charge in [0.2, 0.25) is 5.91 Å². The molecule has 25 heavy (non-hydrogen) atoms. The average molecular weight is 346 g/mol. The smallest absolute Gasteiger partial charge is 0.220 e. The van der Waals surface area contributed by atoms with Crippen LogP contribution in [0.4, 0.5) is 4.39 Å². The van der Waals surface area contributed by atoms with Crippen LogP contribution in [0.1, 0.15) is 56.9 Å². The number of aliphatic hydroxyl groups is 1. The highest BCUT2D eigenvalue weighted by Crippen LogP contribution is 2.39. The molecule has 2 saturated carbocycles. The molecule has 1 amide bonds. The first-order valence-corrected chi connectivity index (χ1v) is 9.57. The lowest BCUT2D eigenvalue weighted by Crippen LogP contribution is -2.58. The van der Waals surface area contributed by atoms with Gasteiger partial charge in [-0.2, -0.15) is 0 Å². The van der Waals surface area contributed by atoms with Crippen LogP contribution in [-0.2, 0) is 10.4 Å². The lowest BCUT2D eigenvalue weighted by atomic mass is 9.77. The van der Waals surface area contributed by atoms with Crippen molar-refractivity contribution in [3.8, 4) is 0 Å². The van der Waals surface area contributed by atoms with E-state index in [-0.39, 0.29) is 17.8 Å². The van der Waals surface area contributed by atoms with E-state index in [2.05, 4.69) is 10.6 Å². The third kappa shape index (κ3) is 3.72. The zero-order chi connectivity index (χ0) is 17.4. The Bertz CT molecular complexity index is 621. The molecule has 1 heterocycles. The molecule has 1 aliphatic heterocycles. The highest BCUT2D eigenvalue weighted by Gasteiger charge is 2.42. The molecule has 0 aromatic heterocycles. The van der Waals surface area contributed by atoms with Crippen molar-refractivity contribution < 1.29 is 14.3 Å². The topological polar surface area (TPSA) is 61.4 Å². The van der Waals surface area contributed by atoms with E-state index in [0.29, 0.717) is 37.3 Å². The Morgan fingerprint density at radius 1 is 1.08 bits per heavy atom. The molecule has 3 fully saturated rings. The summed E-state index contributed by atoms with van der Waals surface area (Å²) in [4.78, 5) is 11.7. The van der Waals surface area contributed by atoms with Gasteiger partial charge < -0.3 is 15.7 Å². The van der Waals surface area contributed by atoms with Crippen molar-refractivity contribution in [2.75, 3.05) is 0 Å². The lowest BCUT2D eigenvalue weighted by molar-refractivity contribution is -0.124. The van der Waals surface area contributed by atoms with E-state index >= 15 is 0 Å². The van der Waals surface area contributed by atoms with Gasteiger partial charge in [0, 0.05) is 24.5 Å². The molecule has 5 heteroatoms. The number of benzene rings is 1. The van der Waals surface area contributed by atoms with E-state index in [4.69, 9.17) is 0 Å². The molecular formula is C20H27FN2O2. The summed E-state index contributed by atoms with van der Waals surface area (Å²) in [7, 11) is 0. The molecule has 4 nitrogen and oxygen atoms in total. The van der Waals surface area contributed by atoms with Crippen molar-refractivity contribution >= 4 is 5.91 Å². The van der Waals surface area contributed by atoms with Crippen LogP contribution in [0.2, 0.25) is 0 Å². The minimum Gasteiger partial charge on any atom is -0.385 e. The van der Waals surface area contributed by atoms with Crippen LogP contribution in [0, 0.1) is 11.7 Å². The van der Waals surface area contributed by atoms with Gasteiger partial charge in [-0.05, 0) is 68.6 Å². The first-order chi connectivity index (χ1) is 12.0. The number of halogens is 1. The van der Waals surface area contributed by atoms with Gasteiger partial charge in [-0.15, -0.1) is 0 Å². The normalized spacial score (nSPS) is 36.1. The van der Waals surface area contributed by atoms with Crippen LogP contribution in [0.25, 0.3) is 0 Å². The summed E-state index contributed by atoms with van der Waals surface area (Å²) in [5.41, 5.74) is -0.0316. The number of hydrogen-bond donors (Lipinski definition) is 3. The Kier molecular flexibility index (Phi) is 4.54. The number of piperidine rings is 1. The summed E-state index contributed by atoms with van der Waals surface area (Å²) in [5, 5.41) is 17.9. The molecule has 0 radical (unpaired) electrons. The summed E-state index contributed by atoms with van der Waals surface area (Å²) in [6.07, 6.45) is 7.12. The van der Waals surface area contributed by atoms with E-state index in [9.17, 15) is 14.3 Å². The van der Waals surface area contributed by atoms with Crippen molar-refractivity contribution in [1.29, 1.82) is 0 Å². The summed E-state index contributed by atoms with van der Waals surface area (Å²) < 4.78 is 13.1. The van der Waals surface area contributed by atoms with Crippen molar-refractivity contribution in [2.24, 2.45) is 5.92 Å². The van der Waals surface area contributed by atoms with Gasteiger partial charge in [-0.25, -0.2) is 4.39 Å². The van der Waals surface area contributed by atoms with E-state index in [0.717, 1.165) is 24.8 Å². The average Bonchev–Trinajstić information content (AvgIpc) is 3.44. The molecule has 2 aliphatic carbocycles. The Labute approximate surface area is 148 Å². The third-order valence-corrected chi connectivity index (χ3v) is 6.22. The minimum absolute atomic E-state index is 0.185. The maximum Gasteiger partial charge on any atom is 0.220 e. The van der Waals surface area contributed by atoms with Gasteiger partial charge in [-0.3, -0.25) is 4.79 Å². The number of amides is 1. The Morgan fingerprint density at radius 3 is 2.40 bits per heavy atom. The maximum absolute atomic E-state index is 13.1. The third-order valence-electron chi connectivity index (χ3n) is 6.22. The van der Waals surface area contributed by atoms with E-state index < -0.39 is 5.60 Å². The predicted octanol–water partition coefficient (Wildman–Crippen LogP) is 2.60. The number of carbonyl (C=O) groups is 1. The summed E-state index contributed by atoms with van der Waals surface area (Å²) >= 11 is 0. The Hall–Kier alpha value is -1.46. The summed E-state index contributed by atoms with van der Waals surface area (Å²) in [6.45, 7) is 0. The molecule has 1 aromatic rings. The predicted molar refractivity (Wildman–Crippen MR) is 93.4 cm³/mol. The molecule has 0 unspecified atom stereocenters. The van der Waals surface area contributed by atoms with Crippen molar-refractivity contribution in [2.45, 2.75) is 75.1 Å². The minimum atomic E-state index is -0.845. The molecule has 136 valence electrons. The van der Waals surface area contributed by atoms with Gasteiger partial charge >= 0.3 is 0 Å². The number of nitrogens with one attached hydrogen (secondary N) is 2. The fourth-order valence-corrected chi connectivity index (χ4v) is 4.53. The van der Waals surface area contributed by atoms with Gasteiger partial charge in [0.25, 0.3) is 0 Å². The van der Waals surface area contributed by atoms with Crippen molar-refractivity contribution in [3.63, 3.8) is 0 Å². The molecule has 0 bridgehead atoms. The zero-order valence-electron chi connectivity index (χ0n) is 14.5. The first-order valence-electron chi connectivity index (χ1n) is 9.57. The standard InChI is InChI=1S/C20H27FN2O2/c21-15-5-3-14(4-6-15)20(25)11-9-16(10-12-20)22-17-7-8-18(24)23-19(17)13-1-2-13/h3-6,13,16-17,19,22,25H,1-2,7-12H2,(H,23,24)/t16?,17-,19+,20?/m1/s1. The second-order valence-corrected chi connectivity index (χ2v) is 8.06. The number of hydrogen-bond acceptors (Lipinski definition) is 3. The van der Waals surface area contributed by atoms with Gasteiger partial charge in [0.15, 0.2) is 0 Å². The largest absolute Gasteiger partial charge is 0.385 e. The molecule has 1 aromatic carbocycles. The number of carbonyl (C=O) groups excluding carboxylic acids is 1. The van der Waals surface area contributed by atoms with E-state index in [1.165, 1.54) is 25.0 Å². The van der Waals surface area contributed by atoms with Gasteiger partial charge in [0.1, 0.15) is 5.82 Å². The number of rotatable bonds is 4. The summed E-state index contributed by atoms with van der Waals surface area (Å²) in [5.74, 6) is 0.555. The quantitative estimate of drug-likeness (QED) is 0.785. The second-order valence-electron chi connectivity index (χ2n) is 8.06. The van der Waals surface area contributed by atoms with Crippen molar-refractivity contribution in [1.82, 2.24) is 10.6 Å². The Balaban J connectivity index is 1.35. The van der Waals surface area contributed by atoms with Crippen molar-refractivity contribution in [3.05, 3.63) is 35.6 Å². The van der Waals surface area contributed by atoms with Crippen LogP contribution >= 0.6 is 0 Å². The molecular weight excluding hydrogens is 319 g/mol. The second kappa shape index (κ2) is 6.69.